The van der Waals surface area contributed by atoms with Crippen LogP contribution in [-0.2, 0) is 19.1 Å². The largest absolute Gasteiger partial charge is 0.450 e. The van der Waals surface area contributed by atoms with Gasteiger partial charge in [-0.3, -0.25) is 14.4 Å². The van der Waals surface area contributed by atoms with Crippen LogP contribution in [0.15, 0.2) is 23.8 Å². The Balaban J connectivity index is 1.82. The first-order valence-electron chi connectivity index (χ1n) is 11.7. The van der Waals surface area contributed by atoms with E-state index in [9.17, 15) is 24.6 Å². The number of rotatable bonds is 5. The zero-order chi connectivity index (χ0) is 24.4. The van der Waals surface area contributed by atoms with Crippen molar-refractivity contribution < 1.29 is 38.1 Å². The molecule has 0 aromatic rings. The molecule has 0 radical (unpaired) electrons. The van der Waals surface area contributed by atoms with E-state index in [-0.39, 0.29) is 37.7 Å². The topological polar surface area (TPSA) is 101 Å². The first-order chi connectivity index (χ1) is 15.4. The minimum Gasteiger partial charge on any atom is -0.450 e. The standard InChI is InChI=1S/C25H32F2O6/c1-4-5-21(32)33-24(20(31)13-28)9-7-15-16-11-18(26)17-10-14(29)6-8-22(17,2)25(16,27)19(30)12-23(15,24)3/h6,8,10,15-16,18-19,28,30H,4-5,7,9,11-13H2,1-3H3/t15-,16+,18-,19-,22-,23-,24-,25-/m0/s1. The third-order valence-electron chi connectivity index (χ3n) is 9.08. The van der Waals surface area contributed by atoms with E-state index in [1.807, 2.05) is 0 Å². The smallest absolute Gasteiger partial charge is 0.306 e. The molecule has 0 saturated heterocycles. The van der Waals surface area contributed by atoms with Crippen LogP contribution in [0.5, 0.6) is 0 Å². The zero-order valence-corrected chi connectivity index (χ0v) is 19.3. The van der Waals surface area contributed by atoms with Gasteiger partial charge >= 0.3 is 5.97 Å². The minimum atomic E-state index is -2.27. The summed E-state index contributed by atoms with van der Waals surface area (Å²) < 4.78 is 38.3. The predicted octanol–water partition coefficient (Wildman–Crippen LogP) is 2.95. The number of carbonyl (C=O) groups excluding carboxylic acids is 3. The second-order valence-electron chi connectivity index (χ2n) is 10.5. The van der Waals surface area contributed by atoms with E-state index in [2.05, 4.69) is 0 Å². The molecule has 33 heavy (non-hydrogen) atoms. The van der Waals surface area contributed by atoms with Crippen molar-refractivity contribution in [3.05, 3.63) is 23.8 Å². The lowest BCUT2D eigenvalue weighted by Gasteiger charge is -2.63. The number of hydrogen-bond acceptors (Lipinski definition) is 6. The third kappa shape index (κ3) is 2.99. The number of alkyl halides is 2. The van der Waals surface area contributed by atoms with Crippen molar-refractivity contribution >= 4 is 17.5 Å². The molecule has 0 aromatic carbocycles. The van der Waals surface area contributed by atoms with Crippen LogP contribution >= 0.6 is 0 Å². The molecular weight excluding hydrogens is 434 g/mol. The molecule has 4 rings (SSSR count). The first-order valence-corrected chi connectivity index (χ1v) is 11.7. The van der Waals surface area contributed by atoms with E-state index in [0.29, 0.717) is 6.42 Å². The molecule has 0 aromatic heterocycles. The maximum absolute atomic E-state index is 17.1. The van der Waals surface area contributed by atoms with Crippen LogP contribution in [0.25, 0.3) is 0 Å². The second-order valence-corrected chi connectivity index (χ2v) is 10.5. The van der Waals surface area contributed by atoms with Crippen LogP contribution in [0.2, 0.25) is 0 Å². The minimum absolute atomic E-state index is 0.0291. The molecule has 0 amide bonds. The molecule has 182 valence electrons. The number of hydrogen-bond donors (Lipinski definition) is 2. The van der Waals surface area contributed by atoms with Gasteiger partial charge in [0.05, 0.1) is 6.10 Å². The summed E-state index contributed by atoms with van der Waals surface area (Å²) in [6.07, 6.45) is 1.01. The number of carbonyl (C=O) groups is 3. The fraction of sp³-hybridized carbons (Fsp3) is 0.720. The van der Waals surface area contributed by atoms with Gasteiger partial charge in [0.25, 0.3) is 0 Å². The highest BCUT2D eigenvalue weighted by molar-refractivity contribution is 6.01. The molecule has 8 heteroatoms. The van der Waals surface area contributed by atoms with Gasteiger partial charge in [0, 0.05) is 23.2 Å². The van der Waals surface area contributed by atoms with E-state index in [0.717, 1.165) is 6.08 Å². The van der Waals surface area contributed by atoms with Crippen molar-refractivity contribution in [2.75, 3.05) is 6.61 Å². The van der Waals surface area contributed by atoms with Crippen molar-refractivity contribution in [1.29, 1.82) is 0 Å². The molecule has 0 bridgehead atoms. The molecule has 3 fully saturated rings. The Morgan fingerprint density at radius 3 is 2.61 bits per heavy atom. The van der Waals surface area contributed by atoms with Gasteiger partial charge in [0.2, 0.25) is 5.78 Å². The molecule has 0 heterocycles. The van der Waals surface area contributed by atoms with Crippen LogP contribution in [0.3, 0.4) is 0 Å². The molecule has 3 saturated carbocycles. The Bertz CT molecular complexity index is 945. The number of Topliss-reactive ketones (excluding diaryl/α,β-unsaturated/α-hetero) is 1. The van der Waals surface area contributed by atoms with E-state index in [4.69, 9.17) is 4.74 Å². The molecule has 0 aliphatic heterocycles. The highest BCUT2D eigenvalue weighted by atomic mass is 19.1. The molecule has 4 aliphatic rings. The zero-order valence-electron chi connectivity index (χ0n) is 19.3. The molecule has 4 aliphatic carbocycles. The summed E-state index contributed by atoms with van der Waals surface area (Å²) in [6, 6.07) is 0. The number of ether oxygens (including phenoxy) is 1. The molecule has 0 unspecified atom stereocenters. The number of allylic oxidation sites excluding steroid dienone is 4. The fourth-order valence-corrected chi connectivity index (χ4v) is 7.45. The van der Waals surface area contributed by atoms with E-state index < -0.39 is 70.4 Å². The van der Waals surface area contributed by atoms with Crippen molar-refractivity contribution in [2.24, 2.45) is 22.7 Å². The molecule has 8 atom stereocenters. The van der Waals surface area contributed by atoms with E-state index >= 15 is 8.78 Å². The number of aliphatic hydroxyl groups excluding tert-OH is 2. The first kappa shape index (κ1) is 24.2. The number of esters is 1. The lowest BCUT2D eigenvalue weighted by molar-refractivity contribution is -0.229. The molecule has 2 N–H and O–H groups in total. The SMILES string of the molecule is CCCC(=O)O[C@]1(C(=O)CO)CC[C@H]2[C@H]3C[C@H](F)C4=CC(=O)C=C[C@]4(C)[C@@]3(F)[C@@H](O)C[C@@]21C. The lowest BCUT2D eigenvalue weighted by Crippen LogP contribution is -2.70. The average molecular weight is 467 g/mol. The number of fused-ring (bicyclic) bond motifs is 5. The van der Waals surface area contributed by atoms with Crippen LogP contribution in [0, 0.1) is 22.7 Å². The summed E-state index contributed by atoms with van der Waals surface area (Å²) in [6.45, 7) is 4.13. The van der Waals surface area contributed by atoms with Crippen molar-refractivity contribution in [1.82, 2.24) is 0 Å². The quantitative estimate of drug-likeness (QED) is 0.605. The Labute approximate surface area is 192 Å². The van der Waals surface area contributed by atoms with E-state index in [1.54, 1.807) is 13.8 Å². The van der Waals surface area contributed by atoms with Gasteiger partial charge in [-0.2, -0.15) is 0 Å². The number of aliphatic hydroxyl groups is 2. The fourth-order valence-electron chi connectivity index (χ4n) is 7.45. The van der Waals surface area contributed by atoms with Crippen LogP contribution < -0.4 is 0 Å². The summed E-state index contributed by atoms with van der Waals surface area (Å²) in [5, 5.41) is 21.0. The number of halogens is 2. The highest BCUT2D eigenvalue weighted by Gasteiger charge is 2.76. The Morgan fingerprint density at radius 2 is 1.97 bits per heavy atom. The monoisotopic (exact) mass is 466 g/mol. The molecule has 6 nitrogen and oxygen atoms in total. The Morgan fingerprint density at radius 1 is 1.27 bits per heavy atom. The van der Waals surface area contributed by atoms with Gasteiger partial charge in [-0.05, 0) is 62.7 Å². The second kappa shape index (κ2) is 7.80. The number of ketones is 2. The van der Waals surface area contributed by atoms with E-state index in [1.165, 1.54) is 19.1 Å². The maximum atomic E-state index is 17.1. The predicted molar refractivity (Wildman–Crippen MR) is 114 cm³/mol. The van der Waals surface area contributed by atoms with Crippen molar-refractivity contribution in [3.8, 4) is 0 Å². The summed E-state index contributed by atoms with van der Waals surface area (Å²) in [7, 11) is 0. The van der Waals surface area contributed by atoms with Gasteiger partial charge in [-0.15, -0.1) is 0 Å². The third-order valence-corrected chi connectivity index (χ3v) is 9.08. The Kier molecular flexibility index (Phi) is 5.72. The summed E-state index contributed by atoms with van der Waals surface area (Å²) in [4.78, 5) is 37.4. The summed E-state index contributed by atoms with van der Waals surface area (Å²) in [5.41, 5.74) is -6.64. The Hall–Kier alpha value is -1.93. The average Bonchev–Trinajstić information content (AvgIpc) is 3.04. The summed E-state index contributed by atoms with van der Waals surface area (Å²) >= 11 is 0. The lowest BCUT2D eigenvalue weighted by atomic mass is 9.44. The van der Waals surface area contributed by atoms with Gasteiger partial charge in [-0.1, -0.05) is 19.9 Å². The molecule has 0 spiro atoms. The van der Waals surface area contributed by atoms with Gasteiger partial charge in [0.15, 0.2) is 17.1 Å². The molecular formula is C25H32F2O6. The maximum Gasteiger partial charge on any atom is 0.306 e. The van der Waals surface area contributed by atoms with Crippen molar-refractivity contribution in [2.45, 2.75) is 82.8 Å². The van der Waals surface area contributed by atoms with Gasteiger partial charge in [0.1, 0.15) is 12.8 Å². The van der Waals surface area contributed by atoms with Crippen LogP contribution in [-0.4, -0.2) is 57.9 Å². The summed E-state index contributed by atoms with van der Waals surface area (Å²) in [5.74, 6) is -3.24. The van der Waals surface area contributed by atoms with Crippen LogP contribution in [0.4, 0.5) is 8.78 Å². The van der Waals surface area contributed by atoms with Crippen molar-refractivity contribution in [3.63, 3.8) is 0 Å². The normalized spacial score (nSPS) is 46.2. The van der Waals surface area contributed by atoms with Gasteiger partial charge < -0.3 is 14.9 Å². The van der Waals surface area contributed by atoms with Gasteiger partial charge in [-0.25, -0.2) is 8.78 Å². The highest BCUT2D eigenvalue weighted by Crippen LogP contribution is 2.70. The van der Waals surface area contributed by atoms with Crippen LogP contribution in [0.1, 0.15) is 59.3 Å².